The van der Waals surface area contributed by atoms with Crippen LogP contribution in [0.15, 0.2) is 48.5 Å². The number of nitro benzene ring substituents is 1. The fraction of sp³-hybridized carbons (Fsp3) is 0.391. The highest BCUT2D eigenvalue weighted by atomic mass is 16.6. The molecule has 8 nitrogen and oxygen atoms in total. The molecule has 0 spiro atoms. The fourth-order valence-corrected chi connectivity index (χ4v) is 3.11. The molecule has 2 rings (SSSR count). The van der Waals surface area contributed by atoms with Gasteiger partial charge >= 0.3 is 5.97 Å². The molecule has 0 heterocycles. The Kier molecular flexibility index (Phi) is 8.99. The molecule has 0 radical (unpaired) electrons. The molecule has 0 aliphatic rings. The largest absolute Gasteiger partial charge is 0.494 e. The van der Waals surface area contributed by atoms with E-state index in [0.29, 0.717) is 13.0 Å². The SMILES string of the molecule is CCOc1ccc(CCC(=O)NC(CC(=O)OC(C)C)c2ccccc2[N+](=O)[O-])cc1. The maximum absolute atomic E-state index is 12.6. The van der Waals surface area contributed by atoms with E-state index in [-0.39, 0.29) is 36.1 Å². The third-order valence-electron chi connectivity index (χ3n) is 4.46. The Balaban J connectivity index is 2.10. The molecule has 0 saturated heterocycles. The van der Waals surface area contributed by atoms with Gasteiger partial charge in [0.05, 0.1) is 35.7 Å². The standard InChI is InChI=1S/C23H28N2O6/c1-4-30-18-12-9-17(10-13-18)11-14-22(26)24-20(15-23(27)31-16(2)3)19-7-5-6-8-21(19)25(28)29/h5-10,12-13,16,20H,4,11,14-15H2,1-3H3,(H,24,26). The second-order valence-electron chi connectivity index (χ2n) is 7.26. The minimum absolute atomic E-state index is 0.156. The molecule has 166 valence electrons. The summed E-state index contributed by atoms with van der Waals surface area (Å²) in [4.78, 5) is 35.7. The number of esters is 1. The summed E-state index contributed by atoms with van der Waals surface area (Å²) in [5.74, 6) is -0.0878. The van der Waals surface area contributed by atoms with Gasteiger partial charge in [0, 0.05) is 12.5 Å². The second kappa shape index (κ2) is 11.7. The molecule has 0 aliphatic heterocycles. The summed E-state index contributed by atoms with van der Waals surface area (Å²) in [5.41, 5.74) is 1.07. The van der Waals surface area contributed by atoms with E-state index in [1.807, 2.05) is 31.2 Å². The predicted molar refractivity (Wildman–Crippen MR) is 116 cm³/mol. The number of carbonyl (C=O) groups excluding carboxylic acids is 2. The fourth-order valence-electron chi connectivity index (χ4n) is 3.11. The topological polar surface area (TPSA) is 108 Å². The number of rotatable bonds is 11. The number of benzene rings is 2. The minimum atomic E-state index is -0.860. The molecule has 8 heteroatoms. The Labute approximate surface area is 181 Å². The highest BCUT2D eigenvalue weighted by molar-refractivity contribution is 5.78. The smallest absolute Gasteiger partial charge is 0.308 e. The Morgan fingerprint density at radius 2 is 1.77 bits per heavy atom. The first-order valence-corrected chi connectivity index (χ1v) is 10.2. The van der Waals surface area contributed by atoms with E-state index in [1.165, 1.54) is 12.1 Å². The van der Waals surface area contributed by atoms with Crippen molar-refractivity contribution in [2.45, 2.75) is 52.2 Å². The van der Waals surface area contributed by atoms with Crippen molar-refractivity contribution in [3.05, 3.63) is 69.8 Å². The Morgan fingerprint density at radius 3 is 2.39 bits per heavy atom. The van der Waals surface area contributed by atoms with E-state index in [1.54, 1.807) is 26.0 Å². The molecule has 0 bridgehead atoms. The van der Waals surface area contributed by atoms with Crippen molar-refractivity contribution in [2.75, 3.05) is 6.61 Å². The summed E-state index contributed by atoms with van der Waals surface area (Å²) < 4.78 is 10.6. The maximum Gasteiger partial charge on any atom is 0.308 e. The number of hydrogen-bond donors (Lipinski definition) is 1. The van der Waals surface area contributed by atoms with Crippen LogP contribution in [0.4, 0.5) is 5.69 Å². The highest BCUT2D eigenvalue weighted by Gasteiger charge is 2.26. The Hall–Kier alpha value is -3.42. The predicted octanol–water partition coefficient (Wildman–Crippen LogP) is 4.13. The zero-order valence-corrected chi connectivity index (χ0v) is 18.0. The summed E-state index contributed by atoms with van der Waals surface area (Å²) in [5, 5.41) is 14.2. The molecule has 1 amide bonds. The van der Waals surface area contributed by atoms with Crippen LogP contribution in [-0.2, 0) is 20.7 Å². The van der Waals surface area contributed by atoms with Crippen LogP contribution >= 0.6 is 0 Å². The summed E-state index contributed by atoms with van der Waals surface area (Å²) >= 11 is 0. The summed E-state index contributed by atoms with van der Waals surface area (Å²) in [6, 6.07) is 12.7. The molecular formula is C23H28N2O6. The average Bonchev–Trinajstić information content (AvgIpc) is 2.72. The van der Waals surface area contributed by atoms with Crippen molar-refractivity contribution < 1.29 is 24.0 Å². The van der Waals surface area contributed by atoms with Crippen molar-refractivity contribution in [3.8, 4) is 5.75 Å². The van der Waals surface area contributed by atoms with Crippen molar-refractivity contribution in [1.82, 2.24) is 5.32 Å². The molecule has 0 saturated carbocycles. The van der Waals surface area contributed by atoms with Gasteiger partial charge in [-0.2, -0.15) is 0 Å². The van der Waals surface area contributed by atoms with Crippen molar-refractivity contribution in [3.63, 3.8) is 0 Å². The molecule has 31 heavy (non-hydrogen) atoms. The lowest BCUT2D eigenvalue weighted by atomic mass is 10.0. The first-order chi connectivity index (χ1) is 14.8. The normalized spacial score (nSPS) is 11.6. The number of carbonyl (C=O) groups is 2. The van der Waals surface area contributed by atoms with Crippen molar-refractivity contribution >= 4 is 17.6 Å². The Bertz CT molecular complexity index is 895. The molecule has 1 atom stereocenters. The summed E-state index contributed by atoms with van der Waals surface area (Å²) in [7, 11) is 0. The number of ether oxygens (including phenoxy) is 2. The molecule has 2 aromatic carbocycles. The zero-order chi connectivity index (χ0) is 22.8. The number of amides is 1. The van der Waals surface area contributed by atoms with Crippen LogP contribution in [0, 0.1) is 10.1 Å². The molecule has 0 fully saturated rings. The van der Waals surface area contributed by atoms with Crippen molar-refractivity contribution in [1.29, 1.82) is 0 Å². The van der Waals surface area contributed by atoms with Crippen LogP contribution in [0.5, 0.6) is 5.75 Å². The van der Waals surface area contributed by atoms with Gasteiger partial charge in [-0.15, -0.1) is 0 Å². The van der Waals surface area contributed by atoms with Gasteiger partial charge in [0.15, 0.2) is 0 Å². The van der Waals surface area contributed by atoms with Crippen molar-refractivity contribution in [2.24, 2.45) is 0 Å². The van der Waals surface area contributed by atoms with E-state index in [2.05, 4.69) is 5.32 Å². The van der Waals surface area contributed by atoms with Gasteiger partial charge in [0.2, 0.25) is 5.91 Å². The number of para-hydroxylation sites is 1. The summed E-state index contributed by atoms with van der Waals surface area (Å²) in [6.45, 7) is 5.91. The number of nitrogens with zero attached hydrogens (tertiary/aromatic N) is 1. The van der Waals surface area contributed by atoms with Crippen LogP contribution in [0.25, 0.3) is 0 Å². The van der Waals surface area contributed by atoms with Gasteiger partial charge < -0.3 is 14.8 Å². The molecule has 0 aromatic heterocycles. The van der Waals surface area contributed by atoms with Gasteiger partial charge in [-0.25, -0.2) is 0 Å². The first-order valence-electron chi connectivity index (χ1n) is 10.2. The molecule has 2 aromatic rings. The van der Waals surface area contributed by atoms with E-state index >= 15 is 0 Å². The number of hydrogen-bond acceptors (Lipinski definition) is 6. The molecule has 0 aliphatic carbocycles. The van der Waals surface area contributed by atoms with Crippen LogP contribution in [0.2, 0.25) is 0 Å². The molecule has 1 N–H and O–H groups in total. The summed E-state index contributed by atoms with van der Waals surface area (Å²) in [6.07, 6.45) is 0.134. The van der Waals surface area contributed by atoms with E-state index in [0.717, 1.165) is 11.3 Å². The zero-order valence-electron chi connectivity index (χ0n) is 18.0. The van der Waals surface area contributed by atoms with Gasteiger partial charge in [0.25, 0.3) is 5.69 Å². The van der Waals surface area contributed by atoms with E-state index in [9.17, 15) is 19.7 Å². The minimum Gasteiger partial charge on any atom is -0.494 e. The number of nitro groups is 1. The lowest BCUT2D eigenvalue weighted by molar-refractivity contribution is -0.385. The monoisotopic (exact) mass is 428 g/mol. The number of nitrogens with one attached hydrogen (secondary N) is 1. The third-order valence-corrected chi connectivity index (χ3v) is 4.46. The lowest BCUT2D eigenvalue weighted by Gasteiger charge is -2.19. The van der Waals surface area contributed by atoms with E-state index < -0.39 is 16.9 Å². The van der Waals surface area contributed by atoms with Gasteiger partial charge in [-0.05, 0) is 44.9 Å². The van der Waals surface area contributed by atoms with Crippen LogP contribution in [-0.4, -0.2) is 29.5 Å². The van der Waals surface area contributed by atoms with Gasteiger partial charge in [-0.3, -0.25) is 19.7 Å². The van der Waals surface area contributed by atoms with Gasteiger partial charge in [0.1, 0.15) is 5.75 Å². The lowest BCUT2D eigenvalue weighted by Crippen LogP contribution is -2.31. The molecule has 1 unspecified atom stereocenters. The first kappa shape index (κ1) is 23.9. The number of aryl methyl sites for hydroxylation is 1. The van der Waals surface area contributed by atoms with Gasteiger partial charge in [-0.1, -0.05) is 30.3 Å². The van der Waals surface area contributed by atoms with E-state index in [4.69, 9.17) is 9.47 Å². The molecular weight excluding hydrogens is 400 g/mol. The third kappa shape index (κ3) is 7.73. The average molecular weight is 428 g/mol. The van der Waals surface area contributed by atoms with Crippen LogP contribution in [0.1, 0.15) is 50.8 Å². The second-order valence-corrected chi connectivity index (χ2v) is 7.26. The van der Waals surface area contributed by atoms with Crippen LogP contribution in [0.3, 0.4) is 0 Å². The van der Waals surface area contributed by atoms with Crippen LogP contribution < -0.4 is 10.1 Å². The maximum atomic E-state index is 12.6. The highest BCUT2D eigenvalue weighted by Crippen LogP contribution is 2.27. The quantitative estimate of drug-likeness (QED) is 0.328. The Morgan fingerprint density at radius 1 is 1.10 bits per heavy atom.